The zero-order valence-electron chi connectivity index (χ0n) is 12.2. The van der Waals surface area contributed by atoms with E-state index in [1.54, 1.807) is 6.33 Å². The molecule has 1 aliphatic heterocycles. The first-order valence-corrected chi connectivity index (χ1v) is 7.51. The molecule has 0 aromatic carbocycles. The van der Waals surface area contributed by atoms with Crippen molar-refractivity contribution in [1.82, 2.24) is 19.9 Å². The summed E-state index contributed by atoms with van der Waals surface area (Å²) in [5.74, 6) is 1.65. The summed E-state index contributed by atoms with van der Waals surface area (Å²) in [4.78, 5) is 19.0. The maximum atomic E-state index is 4.71. The van der Waals surface area contributed by atoms with E-state index in [-0.39, 0.29) is 0 Å². The van der Waals surface area contributed by atoms with E-state index in [1.165, 1.54) is 25.7 Å². The van der Waals surface area contributed by atoms with Crippen LogP contribution in [-0.4, -0.2) is 39.1 Å². The third-order valence-electron chi connectivity index (χ3n) is 3.93. The molecule has 20 heavy (non-hydrogen) atoms. The van der Waals surface area contributed by atoms with Gasteiger partial charge in [-0.2, -0.15) is 9.97 Å². The van der Waals surface area contributed by atoms with Gasteiger partial charge in [-0.1, -0.05) is 12.8 Å². The van der Waals surface area contributed by atoms with Crippen molar-refractivity contribution in [3.63, 3.8) is 0 Å². The molecule has 1 saturated heterocycles. The lowest BCUT2D eigenvalue weighted by Crippen LogP contribution is -2.33. The van der Waals surface area contributed by atoms with Crippen molar-refractivity contribution < 1.29 is 0 Å². The molecule has 0 saturated carbocycles. The molecular weight excluding hydrogens is 252 g/mol. The average molecular weight is 274 g/mol. The van der Waals surface area contributed by atoms with E-state index in [0.29, 0.717) is 12.0 Å². The van der Waals surface area contributed by atoms with E-state index in [0.717, 1.165) is 30.1 Å². The van der Waals surface area contributed by atoms with Crippen molar-refractivity contribution in [1.29, 1.82) is 0 Å². The van der Waals surface area contributed by atoms with Gasteiger partial charge in [0.2, 0.25) is 5.95 Å². The lowest BCUT2D eigenvalue weighted by atomic mass is 10.1. The number of aromatic amines is 1. The van der Waals surface area contributed by atoms with Gasteiger partial charge < -0.3 is 15.2 Å². The van der Waals surface area contributed by atoms with Crippen LogP contribution in [0.3, 0.4) is 0 Å². The standard InChI is InChI=1S/C14H22N6/c1-3-15-14-18-12-11(16-9-17-12)13(19-14)20-8-6-4-5-7-10(20)2/h9-10H,3-8H2,1-2H3,(H2,15,16,17,18,19). The van der Waals surface area contributed by atoms with Crippen molar-refractivity contribution in [3.05, 3.63) is 6.33 Å². The molecule has 3 heterocycles. The summed E-state index contributed by atoms with van der Waals surface area (Å²) in [5, 5.41) is 3.20. The Morgan fingerprint density at radius 1 is 1.35 bits per heavy atom. The highest BCUT2D eigenvalue weighted by Gasteiger charge is 2.22. The monoisotopic (exact) mass is 274 g/mol. The van der Waals surface area contributed by atoms with Crippen LogP contribution in [0.4, 0.5) is 11.8 Å². The smallest absolute Gasteiger partial charge is 0.226 e. The quantitative estimate of drug-likeness (QED) is 0.900. The van der Waals surface area contributed by atoms with Gasteiger partial charge >= 0.3 is 0 Å². The number of imidazole rings is 1. The Morgan fingerprint density at radius 2 is 2.25 bits per heavy atom. The predicted molar refractivity (Wildman–Crippen MR) is 81.1 cm³/mol. The molecule has 6 heteroatoms. The van der Waals surface area contributed by atoms with E-state index < -0.39 is 0 Å². The molecule has 1 unspecified atom stereocenters. The van der Waals surface area contributed by atoms with Crippen molar-refractivity contribution in [3.8, 4) is 0 Å². The van der Waals surface area contributed by atoms with Crippen LogP contribution >= 0.6 is 0 Å². The van der Waals surface area contributed by atoms with E-state index in [9.17, 15) is 0 Å². The number of H-pyrrole nitrogens is 1. The summed E-state index contributed by atoms with van der Waals surface area (Å²) in [6.07, 6.45) is 6.74. The highest BCUT2D eigenvalue weighted by atomic mass is 15.3. The second-order valence-electron chi connectivity index (χ2n) is 5.39. The zero-order chi connectivity index (χ0) is 13.9. The molecule has 2 aromatic rings. The Morgan fingerprint density at radius 3 is 3.10 bits per heavy atom. The summed E-state index contributed by atoms with van der Waals surface area (Å²) >= 11 is 0. The molecule has 0 spiro atoms. The summed E-state index contributed by atoms with van der Waals surface area (Å²) in [5.41, 5.74) is 1.68. The van der Waals surface area contributed by atoms with Gasteiger partial charge in [-0.15, -0.1) is 0 Å². The predicted octanol–water partition coefficient (Wildman–Crippen LogP) is 2.55. The zero-order valence-corrected chi connectivity index (χ0v) is 12.2. The van der Waals surface area contributed by atoms with Gasteiger partial charge in [-0.05, 0) is 26.7 Å². The van der Waals surface area contributed by atoms with Crippen LogP contribution < -0.4 is 10.2 Å². The number of anilines is 2. The van der Waals surface area contributed by atoms with Crippen LogP contribution in [-0.2, 0) is 0 Å². The Kier molecular flexibility index (Phi) is 3.71. The molecule has 0 bridgehead atoms. The fourth-order valence-electron chi connectivity index (χ4n) is 2.85. The average Bonchev–Trinajstić information content (AvgIpc) is 2.80. The van der Waals surface area contributed by atoms with Crippen LogP contribution in [0.2, 0.25) is 0 Å². The first kappa shape index (κ1) is 13.1. The normalized spacial score (nSPS) is 20.1. The molecule has 108 valence electrons. The van der Waals surface area contributed by atoms with Gasteiger partial charge in [0.1, 0.15) is 5.52 Å². The lowest BCUT2D eigenvalue weighted by Gasteiger charge is -2.28. The van der Waals surface area contributed by atoms with Crippen LogP contribution in [0.15, 0.2) is 6.33 Å². The fourth-order valence-corrected chi connectivity index (χ4v) is 2.85. The van der Waals surface area contributed by atoms with Crippen LogP contribution in [0.25, 0.3) is 11.2 Å². The van der Waals surface area contributed by atoms with Gasteiger partial charge in [0.15, 0.2) is 11.5 Å². The summed E-state index contributed by atoms with van der Waals surface area (Å²) in [7, 11) is 0. The Hall–Kier alpha value is -1.85. The van der Waals surface area contributed by atoms with Crippen LogP contribution in [0, 0.1) is 0 Å². The molecule has 0 aliphatic carbocycles. The number of hydrogen-bond acceptors (Lipinski definition) is 5. The minimum atomic E-state index is 0.508. The first-order chi connectivity index (χ1) is 9.79. The van der Waals surface area contributed by atoms with Gasteiger partial charge in [-0.3, -0.25) is 0 Å². The van der Waals surface area contributed by atoms with Crippen LogP contribution in [0.5, 0.6) is 0 Å². The number of nitrogens with zero attached hydrogens (tertiary/aromatic N) is 4. The van der Waals surface area contributed by atoms with Gasteiger partial charge in [0.25, 0.3) is 0 Å². The number of nitrogens with one attached hydrogen (secondary N) is 2. The molecule has 1 fully saturated rings. The van der Waals surface area contributed by atoms with E-state index >= 15 is 0 Å². The molecule has 6 nitrogen and oxygen atoms in total. The number of fused-ring (bicyclic) bond motifs is 1. The molecule has 3 rings (SSSR count). The van der Waals surface area contributed by atoms with Gasteiger partial charge in [0, 0.05) is 19.1 Å². The summed E-state index contributed by atoms with van der Waals surface area (Å²) in [6.45, 7) is 6.19. The summed E-state index contributed by atoms with van der Waals surface area (Å²) in [6, 6.07) is 0.508. The molecule has 2 N–H and O–H groups in total. The van der Waals surface area contributed by atoms with Gasteiger partial charge in [-0.25, -0.2) is 4.98 Å². The Labute approximate surface area is 119 Å². The molecule has 0 amide bonds. The van der Waals surface area contributed by atoms with E-state index in [1.807, 2.05) is 6.92 Å². The minimum absolute atomic E-state index is 0.508. The van der Waals surface area contributed by atoms with E-state index in [4.69, 9.17) is 4.98 Å². The van der Waals surface area contributed by atoms with Gasteiger partial charge in [0.05, 0.1) is 6.33 Å². The SMILES string of the molecule is CCNc1nc(N2CCCCCC2C)c2[nH]cnc2n1. The highest BCUT2D eigenvalue weighted by molar-refractivity contribution is 5.84. The molecular formula is C14H22N6. The molecule has 1 atom stereocenters. The second-order valence-corrected chi connectivity index (χ2v) is 5.39. The maximum absolute atomic E-state index is 4.71. The summed E-state index contributed by atoms with van der Waals surface area (Å²) < 4.78 is 0. The Bertz CT molecular complexity index is 578. The first-order valence-electron chi connectivity index (χ1n) is 7.51. The number of rotatable bonds is 3. The third kappa shape index (κ3) is 2.42. The van der Waals surface area contributed by atoms with Crippen LogP contribution in [0.1, 0.15) is 39.5 Å². The second kappa shape index (κ2) is 5.64. The van der Waals surface area contributed by atoms with Crippen molar-refractivity contribution >= 4 is 22.9 Å². The van der Waals surface area contributed by atoms with Crippen molar-refractivity contribution in [2.45, 2.75) is 45.6 Å². The number of aromatic nitrogens is 4. The molecule has 2 aromatic heterocycles. The minimum Gasteiger partial charge on any atom is -0.354 e. The molecule has 0 radical (unpaired) electrons. The van der Waals surface area contributed by atoms with Crippen molar-refractivity contribution in [2.75, 3.05) is 23.3 Å². The third-order valence-corrected chi connectivity index (χ3v) is 3.93. The van der Waals surface area contributed by atoms with Crippen molar-refractivity contribution in [2.24, 2.45) is 0 Å². The Balaban J connectivity index is 2.05. The number of hydrogen-bond donors (Lipinski definition) is 2. The molecule has 1 aliphatic rings. The highest BCUT2D eigenvalue weighted by Crippen LogP contribution is 2.28. The van der Waals surface area contributed by atoms with E-state index in [2.05, 4.69) is 32.1 Å². The largest absolute Gasteiger partial charge is 0.354 e. The topological polar surface area (TPSA) is 69.7 Å². The maximum Gasteiger partial charge on any atom is 0.226 e. The lowest BCUT2D eigenvalue weighted by molar-refractivity contribution is 0.612. The fraction of sp³-hybridized carbons (Fsp3) is 0.643.